The van der Waals surface area contributed by atoms with Crippen LogP contribution in [0.5, 0.6) is 11.5 Å². The van der Waals surface area contributed by atoms with E-state index in [1.54, 1.807) is 14.2 Å². The molecule has 1 aromatic heterocycles. The van der Waals surface area contributed by atoms with E-state index >= 15 is 0 Å². The third-order valence-electron chi connectivity index (χ3n) is 2.62. The molecule has 0 bridgehead atoms. The van der Waals surface area contributed by atoms with Crippen LogP contribution in [0.2, 0.25) is 0 Å². The average molecular weight is 250 g/mol. The van der Waals surface area contributed by atoms with Gasteiger partial charge in [0.25, 0.3) is 0 Å². The van der Waals surface area contributed by atoms with E-state index in [0.717, 1.165) is 15.0 Å². The Morgan fingerprint density at radius 1 is 1.18 bits per heavy atom. The van der Waals surface area contributed by atoms with E-state index in [-0.39, 0.29) is 5.78 Å². The largest absolute Gasteiger partial charge is 0.493 e. The zero-order valence-corrected chi connectivity index (χ0v) is 10.9. The summed E-state index contributed by atoms with van der Waals surface area (Å²) in [6.45, 7) is 1.87. The number of methoxy groups -OCH3 is 2. The molecule has 0 aliphatic rings. The first-order chi connectivity index (χ1) is 8.19. The summed E-state index contributed by atoms with van der Waals surface area (Å²) < 4.78 is 11.5. The number of carbonyl (C=O) groups is 1. The fourth-order valence-corrected chi connectivity index (χ4v) is 2.76. The summed E-state index contributed by atoms with van der Waals surface area (Å²) in [6, 6.07) is 5.72. The maximum atomic E-state index is 11.6. The molecule has 2 rings (SSSR count). The molecule has 0 saturated carbocycles. The van der Waals surface area contributed by atoms with Crippen LogP contribution in [0.15, 0.2) is 18.2 Å². The fraction of sp³-hybridized carbons (Fsp3) is 0.308. The molecule has 0 unspecified atom stereocenters. The standard InChI is InChI=1S/C13H14O3S/c1-4-9(14)13-6-8-5-10(15-2)11(16-3)7-12(8)17-13/h5-7H,4H2,1-3H3. The molecule has 90 valence electrons. The van der Waals surface area contributed by atoms with Gasteiger partial charge in [-0.1, -0.05) is 6.92 Å². The number of rotatable bonds is 4. The van der Waals surface area contributed by atoms with Crippen molar-refractivity contribution in [3.05, 3.63) is 23.1 Å². The summed E-state index contributed by atoms with van der Waals surface area (Å²) in [7, 11) is 3.21. The summed E-state index contributed by atoms with van der Waals surface area (Å²) in [5, 5.41) is 1.02. The first-order valence-electron chi connectivity index (χ1n) is 5.38. The lowest BCUT2D eigenvalue weighted by Gasteiger charge is -2.06. The van der Waals surface area contributed by atoms with Crippen molar-refractivity contribution in [2.45, 2.75) is 13.3 Å². The number of ether oxygens (including phenoxy) is 2. The van der Waals surface area contributed by atoms with E-state index in [0.29, 0.717) is 17.9 Å². The van der Waals surface area contributed by atoms with Crippen molar-refractivity contribution in [2.24, 2.45) is 0 Å². The molecule has 0 N–H and O–H groups in total. The molecule has 17 heavy (non-hydrogen) atoms. The zero-order valence-electron chi connectivity index (χ0n) is 10.1. The number of ketones is 1. The highest BCUT2D eigenvalue weighted by atomic mass is 32.1. The molecule has 0 atom stereocenters. The molecule has 0 radical (unpaired) electrons. The Morgan fingerprint density at radius 2 is 1.82 bits per heavy atom. The summed E-state index contributed by atoms with van der Waals surface area (Å²) in [4.78, 5) is 12.4. The monoisotopic (exact) mass is 250 g/mol. The van der Waals surface area contributed by atoms with Crippen molar-refractivity contribution in [3.63, 3.8) is 0 Å². The number of carbonyl (C=O) groups excluding carboxylic acids is 1. The van der Waals surface area contributed by atoms with E-state index in [1.807, 2.05) is 25.1 Å². The molecule has 0 aliphatic heterocycles. The van der Waals surface area contributed by atoms with Crippen molar-refractivity contribution in [3.8, 4) is 11.5 Å². The molecule has 0 saturated heterocycles. The van der Waals surface area contributed by atoms with Gasteiger partial charge in [-0.05, 0) is 17.5 Å². The van der Waals surface area contributed by atoms with Gasteiger partial charge < -0.3 is 9.47 Å². The van der Waals surface area contributed by atoms with Crippen molar-refractivity contribution in [2.75, 3.05) is 14.2 Å². The fourth-order valence-electron chi connectivity index (χ4n) is 1.68. The average Bonchev–Trinajstić information content (AvgIpc) is 2.78. The summed E-state index contributed by atoms with van der Waals surface area (Å²) in [6.07, 6.45) is 0.529. The normalized spacial score (nSPS) is 10.5. The number of benzene rings is 1. The third-order valence-corrected chi connectivity index (χ3v) is 3.76. The van der Waals surface area contributed by atoms with Gasteiger partial charge in [-0.15, -0.1) is 11.3 Å². The Morgan fingerprint density at radius 3 is 2.41 bits per heavy atom. The van der Waals surface area contributed by atoms with Crippen LogP contribution in [0.1, 0.15) is 23.0 Å². The maximum Gasteiger partial charge on any atom is 0.172 e. The highest BCUT2D eigenvalue weighted by molar-refractivity contribution is 7.20. The molecule has 0 spiro atoms. The predicted molar refractivity (Wildman–Crippen MR) is 69.6 cm³/mol. The molecule has 0 fully saturated rings. The minimum absolute atomic E-state index is 0.170. The van der Waals surface area contributed by atoms with Gasteiger partial charge in [-0.3, -0.25) is 4.79 Å². The second-order valence-corrected chi connectivity index (χ2v) is 4.72. The summed E-state index contributed by atoms with van der Waals surface area (Å²) in [5.74, 6) is 1.55. The van der Waals surface area contributed by atoms with E-state index in [1.165, 1.54) is 11.3 Å². The molecular weight excluding hydrogens is 236 g/mol. The lowest BCUT2D eigenvalue weighted by molar-refractivity contribution is 0.0992. The zero-order chi connectivity index (χ0) is 12.4. The number of hydrogen-bond donors (Lipinski definition) is 0. The Labute approximate surface area is 104 Å². The van der Waals surface area contributed by atoms with Crippen LogP contribution in [-0.2, 0) is 0 Å². The van der Waals surface area contributed by atoms with Crippen LogP contribution >= 0.6 is 11.3 Å². The van der Waals surface area contributed by atoms with Gasteiger partial charge in [0.05, 0.1) is 19.1 Å². The quantitative estimate of drug-likeness (QED) is 0.779. The third kappa shape index (κ3) is 2.13. The molecule has 1 heterocycles. The Bertz CT molecular complexity index is 516. The van der Waals surface area contributed by atoms with Crippen LogP contribution in [0.4, 0.5) is 0 Å². The minimum atomic E-state index is 0.170. The second kappa shape index (κ2) is 4.75. The maximum absolute atomic E-state index is 11.6. The van der Waals surface area contributed by atoms with Gasteiger partial charge >= 0.3 is 0 Å². The molecule has 0 aliphatic carbocycles. The Hall–Kier alpha value is -1.55. The van der Waals surface area contributed by atoms with E-state index in [2.05, 4.69) is 0 Å². The highest BCUT2D eigenvalue weighted by Crippen LogP contribution is 2.36. The number of Topliss-reactive ketones (excluding diaryl/α,β-unsaturated/α-hetero) is 1. The molecule has 4 heteroatoms. The van der Waals surface area contributed by atoms with Crippen molar-refractivity contribution >= 4 is 27.2 Å². The van der Waals surface area contributed by atoms with Gasteiger partial charge in [0.1, 0.15) is 0 Å². The number of thiophene rings is 1. The van der Waals surface area contributed by atoms with Crippen molar-refractivity contribution < 1.29 is 14.3 Å². The molecule has 0 amide bonds. The van der Waals surface area contributed by atoms with Crippen LogP contribution in [0, 0.1) is 0 Å². The number of hydrogen-bond acceptors (Lipinski definition) is 4. The van der Waals surface area contributed by atoms with Crippen LogP contribution in [0.3, 0.4) is 0 Å². The van der Waals surface area contributed by atoms with Gasteiger partial charge in [-0.25, -0.2) is 0 Å². The minimum Gasteiger partial charge on any atom is -0.493 e. The van der Waals surface area contributed by atoms with E-state index in [4.69, 9.17) is 9.47 Å². The number of fused-ring (bicyclic) bond motifs is 1. The summed E-state index contributed by atoms with van der Waals surface area (Å²) in [5.41, 5.74) is 0. The second-order valence-electron chi connectivity index (χ2n) is 3.63. The van der Waals surface area contributed by atoms with Crippen LogP contribution in [0.25, 0.3) is 10.1 Å². The Kier molecular flexibility index (Phi) is 3.33. The van der Waals surface area contributed by atoms with Gasteiger partial charge in [0.15, 0.2) is 17.3 Å². The van der Waals surface area contributed by atoms with Crippen LogP contribution < -0.4 is 9.47 Å². The SMILES string of the molecule is CCC(=O)c1cc2cc(OC)c(OC)cc2s1. The van der Waals surface area contributed by atoms with Gasteiger partial charge in [-0.2, -0.15) is 0 Å². The molecule has 1 aromatic carbocycles. The predicted octanol–water partition coefficient (Wildman–Crippen LogP) is 3.51. The highest BCUT2D eigenvalue weighted by Gasteiger charge is 2.12. The summed E-state index contributed by atoms with van der Waals surface area (Å²) >= 11 is 1.49. The van der Waals surface area contributed by atoms with Crippen LogP contribution in [-0.4, -0.2) is 20.0 Å². The Balaban J connectivity index is 2.57. The van der Waals surface area contributed by atoms with E-state index in [9.17, 15) is 4.79 Å². The lowest BCUT2D eigenvalue weighted by atomic mass is 10.2. The van der Waals surface area contributed by atoms with Gasteiger partial charge in [0, 0.05) is 17.2 Å². The first kappa shape index (κ1) is 11.9. The molecule has 3 nitrogen and oxygen atoms in total. The molecule has 2 aromatic rings. The van der Waals surface area contributed by atoms with Crippen molar-refractivity contribution in [1.29, 1.82) is 0 Å². The molecular formula is C13H14O3S. The first-order valence-corrected chi connectivity index (χ1v) is 6.20. The lowest BCUT2D eigenvalue weighted by Crippen LogP contribution is -1.90. The topological polar surface area (TPSA) is 35.5 Å². The smallest absolute Gasteiger partial charge is 0.172 e. The van der Waals surface area contributed by atoms with Gasteiger partial charge in [0.2, 0.25) is 0 Å². The van der Waals surface area contributed by atoms with Crippen molar-refractivity contribution in [1.82, 2.24) is 0 Å². The van der Waals surface area contributed by atoms with E-state index < -0.39 is 0 Å².